The second-order valence-electron chi connectivity index (χ2n) is 27.2. The number of rotatable bonds is 7. The van der Waals surface area contributed by atoms with Crippen molar-refractivity contribution in [3.8, 4) is 89.0 Å². The summed E-state index contributed by atoms with van der Waals surface area (Å²) in [6, 6.07) is 88.0. The van der Waals surface area contributed by atoms with Crippen LogP contribution in [0.3, 0.4) is 0 Å². The van der Waals surface area contributed by atoms with Crippen LogP contribution < -0.4 is 0 Å². The van der Waals surface area contributed by atoms with Gasteiger partial charge in [0.1, 0.15) is 0 Å². The molecule has 0 heterocycles. The Bertz CT molecular complexity index is 4930. The SMILES string of the molecule is CC(C)(C)C1=Cc2ccc3c(-c4ccc(-c5ccc(-c6ccc7c(c6)C(C)(C)c6cc(-c8ccc(-c9ccc(-c%10ccc(-c%11ccc%12ccc%13cc(C(C)(C)C)cc%14ccc%11c%12c%13%14)cc%10)cc9)cc8)ccc6-7)cc5)cc4)ccc4c3c2C(=CC4)C1. The highest BCUT2D eigenvalue weighted by molar-refractivity contribution is 6.25. The Kier molecular flexibility index (Phi) is 11.4. The summed E-state index contributed by atoms with van der Waals surface area (Å²) < 4.78 is 0. The quantitative estimate of drug-likeness (QED) is 0.140. The van der Waals surface area contributed by atoms with Gasteiger partial charge in [-0.15, -0.1) is 0 Å². The van der Waals surface area contributed by atoms with E-state index in [1.54, 1.807) is 0 Å². The smallest absolute Gasteiger partial charge is 0.0159 e. The molecule has 3 aliphatic rings. The van der Waals surface area contributed by atoms with Crippen molar-refractivity contribution >= 4 is 54.7 Å². The van der Waals surface area contributed by atoms with E-state index in [2.05, 4.69) is 298 Å². The Hall–Kier alpha value is -9.36. The van der Waals surface area contributed by atoms with Gasteiger partial charge in [0.05, 0.1) is 0 Å². The molecule has 13 aromatic rings. The Morgan fingerprint density at radius 3 is 1.20 bits per heavy atom. The third-order valence-corrected chi connectivity index (χ3v) is 19.7. The molecule has 0 N–H and O–H groups in total. The molecule has 0 fully saturated rings. The lowest BCUT2D eigenvalue weighted by Gasteiger charge is -2.32. The summed E-state index contributed by atoms with van der Waals surface area (Å²) in [6.45, 7) is 18.7. The highest BCUT2D eigenvalue weighted by Gasteiger charge is 2.36. The first-order chi connectivity index (χ1) is 41.1. The molecule has 0 amide bonds. The van der Waals surface area contributed by atoms with Crippen molar-refractivity contribution in [3.05, 3.63) is 276 Å². The molecule has 0 bridgehead atoms. The average molecular weight is 1090 g/mol. The van der Waals surface area contributed by atoms with Gasteiger partial charge in [0.2, 0.25) is 0 Å². The van der Waals surface area contributed by atoms with E-state index in [9.17, 15) is 0 Å². The van der Waals surface area contributed by atoms with Crippen LogP contribution in [-0.2, 0) is 17.3 Å². The molecule has 0 heteroatoms. The third kappa shape index (κ3) is 8.39. The Morgan fingerprint density at radius 2 is 0.718 bits per heavy atom. The van der Waals surface area contributed by atoms with Gasteiger partial charge in [0, 0.05) is 5.41 Å². The fourth-order valence-corrected chi connectivity index (χ4v) is 14.7. The lowest BCUT2D eigenvalue weighted by molar-refractivity contribution is 0.498. The monoisotopic (exact) mass is 1090 g/mol. The van der Waals surface area contributed by atoms with E-state index >= 15 is 0 Å². The van der Waals surface area contributed by atoms with Gasteiger partial charge in [0.25, 0.3) is 0 Å². The molecule has 0 spiro atoms. The topological polar surface area (TPSA) is 0 Å². The summed E-state index contributed by atoms with van der Waals surface area (Å²) >= 11 is 0. The number of benzene rings is 13. The van der Waals surface area contributed by atoms with Crippen molar-refractivity contribution in [1.82, 2.24) is 0 Å². The first-order valence-corrected chi connectivity index (χ1v) is 30.6. The first kappa shape index (κ1) is 51.3. The fourth-order valence-electron chi connectivity index (χ4n) is 14.7. The molecule has 408 valence electrons. The minimum atomic E-state index is -0.144. The van der Waals surface area contributed by atoms with Crippen LogP contribution in [0.1, 0.15) is 95.2 Å². The molecule has 16 rings (SSSR count). The van der Waals surface area contributed by atoms with Gasteiger partial charge in [-0.05, 0) is 207 Å². The zero-order valence-corrected chi connectivity index (χ0v) is 50.0. The normalized spacial score (nSPS) is 14.3. The van der Waals surface area contributed by atoms with Gasteiger partial charge < -0.3 is 0 Å². The molecule has 0 nitrogen and oxygen atoms in total. The lowest BCUT2D eigenvalue weighted by Crippen LogP contribution is -2.15. The lowest BCUT2D eigenvalue weighted by atomic mass is 9.72. The number of hydrogen-bond acceptors (Lipinski definition) is 0. The summed E-state index contributed by atoms with van der Waals surface area (Å²) in [5.74, 6) is 0. The Labute approximate surface area is 500 Å². The van der Waals surface area contributed by atoms with E-state index in [0.717, 1.165) is 12.8 Å². The number of hydrogen-bond donors (Lipinski definition) is 0. The minimum absolute atomic E-state index is 0.0960. The summed E-state index contributed by atoms with van der Waals surface area (Å²) in [6.07, 6.45) is 7.00. The van der Waals surface area contributed by atoms with Crippen LogP contribution in [0.2, 0.25) is 0 Å². The van der Waals surface area contributed by atoms with E-state index in [-0.39, 0.29) is 16.2 Å². The fraction of sp³-hybridized carbons (Fsp3) is 0.153. The second-order valence-corrected chi connectivity index (χ2v) is 27.2. The van der Waals surface area contributed by atoms with Gasteiger partial charge in [-0.2, -0.15) is 0 Å². The molecule has 0 aliphatic heterocycles. The highest BCUT2D eigenvalue weighted by Crippen LogP contribution is 2.52. The highest BCUT2D eigenvalue weighted by atomic mass is 14.4. The first-order valence-electron chi connectivity index (χ1n) is 30.6. The van der Waals surface area contributed by atoms with E-state index in [4.69, 9.17) is 0 Å². The van der Waals surface area contributed by atoms with Crippen molar-refractivity contribution < 1.29 is 0 Å². The van der Waals surface area contributed by atoms with E-state index in [1.807, 2.05) is 0 Å². The van der Waals surface area contributed by atoms with Crippen LogP contribution in [0.4, 0.5) is 0 Å². The molecule has 0 saturated heterocycles. The van der Waals surface area contributed by atoms with Crippen LogP contribution in [0.15, 0.2) is 242 Å². The van der Waals surface area contributed by atoms with E-state index in [1.165, 1.54) is 177 Å². The van der Waals surface area contributed by atoms with Gasteiger partial charge in [-0.25, -0.2) is 0 Å². The molecular weight excluding hydrogens is 1020 g/mol. The average Bonchev–Trinajstić information content (AvgIpc) is 1.87. The summed E-state index contributed by atoms with van der Waals surface area (Å²) in [5.41, 5.74) is 31.6. The Balaban J connectivity index is 0.600. The van der Waals surface area contributed by atoms with Gasteiger partial charge in [-0.1, -0.05) is 292 Å². The van der Waals surface area contributed by atoms with Crippen molar-refractivity contribution in [1.29, 1.82) is 0 Å². The van der Waals surface area contributed by atoms with Crippen molar-refractivity contribution in [2.75, 3.05) is 0 Å². The minimum Gasteiger partial charge on any atom is -0.0759 e. The molecule has 13 aromatic carbocycles. The van der Waals surface area contributed by atoms with Crippen molar-refractivity contribution in [2.45, 2.75) is 79.1 Å². The maximum atomic E-state index is 2.48. The maximum Gasteiger partial charge on any atom is 0.0159 e. The molecular formula is C85H68. The van der Waals surface area contributed by atoms with Gasteiger partial charge >= 0.3 is 0 Å². The Morgan fingerprint density at radius 1 is 0.329 bits per heavy atom. The standard InChI is InChI=1S/C85H68/c1-83(2,3)69-45-65-31-29-61-33-39-71(75-43-37-67(47-69)79(65)81(61)75)59-25-21-55(22-26-59)52-11-9-51(10-12-52)53-13-17-57(18-14-53)63-35-41-73-74-42-36-64(50-78(74)85(7,8)77(73)49-63)58-19-15-54(16-20-58)56-23-27-60(28-24-56)72-40-34-62-30-32-66-46-70(84(4,5)6)48-68-38-44-76(72)82(62)80(66)68/h9-29,31-45,47-50H,30,46H2,1-8H3. The van der Waals surface area contributed by atoms with E-state index in [0.29, 0.717) is 0 Å². The molecule has 0 unspecified atom stereocenters. The zero-order chi connectivity index (χ0) is 57.7. The van der Waals surface area contributed by atoms with Crippen LogP contribution in [0.25, 0.3) is 144 Å². The van der Waals surface area contributed by atoms with Crippen LogP contribution in [-0.4, -0.2) is 0 Å². The second kappa shape index (κ2) is 18.8. The third-order valence-electron chi connectivity index (χ3n) is 19.7. The van der Waals surface area contributed by atoms with Crippen LogP contribution in [0.5, 0.6) is 0 Å². The van der Waals surface area contributed by atoms with E-state index < -0.39 is 0 Å². The van der Waals surface area contributed by atoms with Crippen LogP contribution >= 0.6 is 0 Å². The molecule has 0 radical (unpaired) electrons. The summed E-state index contributed by atoms with van der Waals surface area (Å²) in [7, 11) is 0. The predicted molar refractivity (Wildman–Crippen MR) is 366 cm³/mol. The van der Waals surface area contributed by atoms with Gasteiger partial charge in [0.15, 0.2) is 0 Å². The number of allylic oxidation sites excluding steroid dienone is 3. The molecule has 85 heavy (non-hydrogen) atoms. The molecule has 0 aromatic heterocycles. The predicted octanol–water partition coefficient (Wildman–Crippen LogP) is 23.8. The zero-order valence-electron chi connectivity index (χ0n) is 50.0. The largest absolute Gasteiger partial charge is 0.0759 e. The van der Waals surface area contributed by atoms with Gasteiger partial charge in [-0.3, -0.25) is 0 Å². The number of fused-ring (bicyclic) bond motifs is 3. The van der Waals surface area contributed by atoms with Crippen LogP contribution in [0, 0.1) is 5.41 Å². The summed E-state index contributed by atoms with van der Waals surface area (Å²) in [5, 5.41) is 10.8. The molecule has 0 saturated carbocycles. The van der Waals surface area contributed by atoms with Crippen molar-refractivity contribution in [2.24, 2.45) is 5.41 Å². The summed E-state index contributed by atoms with van der Waals surface area (Å²) in [4.78, 5) is 0. The maximum absolute atomic E-state index is 2.48. The van der Waals surface area contributed by atoms with Crippen molar-refractivity contribution in [3.63, 3.8) is 0 Å². The molecule has 3 aliphatic carbocycles. The molecule has 0 atom stereocenters.